The molecular weight excluding hydrogens is 457 g/mol. The van der Waals surface area contributed by atoms with Crippen molar-refractivity contribution >= 4 is 47.3 Å². The SMILES string of the molecule is Pc1ccc(-c2ccc3ccc(-c4ccc(-c5ccc6oc7ccccc7c6c5)nc4)cc3c2)cc1. The van der Waals surface area contributed by atoms with E-state index in [1.807, 2.05) is 30.5 Å². The van der Waals surface area contributed by atoms with Gasteiger partial charge < -0.3 is 4.42 Å². The molecule has 0 fully saturated rings. The molecule has 1 unspecified atom stereocenters. The number of benzene rings is 5. The summed E-state index contributed by atoms with van der Waals surface area (Å²) < 4.78 is 5.98. The number of pyridine rings is 1. The third kappa shape index (κ3) is 3.68. The zero-order valence-corrected chi connectivity index (χ0v) is 20.6. The first-order valence-electron chi connectivity index (χ1n) is 12.0. The quantitative estimate of drug-likeness (QED) is 0.237. The zero-order chi connectivity index (χ0) is 24.1. The molecule has 7 aromatic rings. The minimum absolute atomic E-state index is 0.900. The maximum atomic E-state index is 5.98. The summed E-state index contributed by atoms with van der Waals surface area (Å²) in [5.74, 6) is 0. The van der Waals surface area contributed by atoms with E-state index in [2.05, 4.69) is 100 Å². The van der Waals surface area contributed by atoms with E-state index >= 15 is 0 Å². The third-order valence-corrected chi connectivity index (χ3v) is 7.24. The molecule has 2 nitrogen and oxygen atoms in total. The fourth-order valence-corrected chi connectivity index (χ4v) is 5.09. The molecule has 0 bridgehead atoms. The second-order valence-corrected chi connectivity index (χ2v) is 9.81. The highest BCUT2D eigenvalue weighted by atomic mass is 31.0. The average Bonchev–Trinajstić information content (AvgIpc) is 3.31. The van der Waals surface area contributed by atoms with Crippen molar-refractivity contribution in [1.29, 1.82) is 0 Å². The van der Waals surface area contributed by atoms with Gasteiger partial charge >= 0.3 is 0 Å². The van der Waals surface area contributed by atoms with Gasteiger partial charge in [0, 0.05) is 28.1 Å². The molecule has 0 saturated heterocycles. The van der Waals surface area contributed by atoms with Crippen molar-refractivity contribution in [3.05, 3.63) is 121 Å². The molecular formula is C33H22NOP. The topological polar surface area (TPSA) is 26.0 Å². The molecule has 0 radical (unpaired) electrons. The van der Waals surface area contributed by atoms with Crippen LogP contribution in [-0.2, 0) is 0 Å². The number of fused-ring (bicyclic) bond motifs is 4. The van der Waals surface area contributed by atoms with Gasteiger partial charge in [0.05, 0.1) is 5.69 Å². The lowest BCUT2D eigenvalue weighted by Gasteiger charge is -2.08. The molecule has 36 heavy (non-hydrogen) atoms. The number of para-hydroxylation sites is 1. The Morgan fingerprint density at radius 1 is 0.500 bits per heavy atom. The van der Waals surface area contributed by atoms with E-state index in [1.165, 1.54) is 27.2 Å². The highest BCUT2D eigenvalue weighted by Crippen LogP contribution is 2.33. The van der Waals surface area contributed by atoms with Gasteiger partial charge in [0.1, 0.15) is 11.2 Å². The maximum absolute atomic E-state index is 5.98. The van der Waals surface area contributed by atoms with Crippen LogP contribution in [0.1, 0.15) is 0 Å². The third-order valence-electron chi connectivity index (χ3n) is 6.85. The van der Waals surface area contributed by atoms with E-state index in [9.17, 15) is 0 Å². The molecule has 0 amide bonds. The van der Waals surface area contributed by atoms with Gasteiger partial charge in [-0.15, -0.1) is 9.24 Å². The molecule has 5 aromatic carbocycles. The Kier molecular flexibility index (Phi) is 4.94. The molecule has 2 heterocycles. The normalized spacial score (nSPS) is 11.5. The van der Waals surface area contributed by atoms with Crippen molar-refractivity contribution in [1.82, 2.24) is 4.98 Å². The van der Waals surface area contributed by atoms with Crippen LogP contribution in [0.25, 0.3) is 66.2 Å². The summed E-state index contributed by atoms with van der Waals surface area (Å²) in [6, 6.07) is 40.5. The Morgan fingerprint density at radius 2 is 1.17 bits per heavy atom. The van der Waals surface area contributed by atoms with Crippen LogP contribution in [0, 0.1) is 0 Å². The second-order valence-electron chi connectivity index (χ2n) is 9.14. The number of aromatic nitrogens is 1. The highest BCUT2D eigenvalue weighted by molar-refractivity contribution is 7.27. The smallest absolute Gasteiger partial charge is 0.135 e. The maximum Gasteiger partial charge on any atom is 0.135 e. The first kappa shape index (κ1) is 21.1. The molecule has 1 atom stereocenters. The van der Waals surface area contributed by atoms with E-state index in [-0.39, 0.29) is 0 Å². The van der Waals surface area contributed by atoms with Gasteiger partial charge in [-0.25, -0.2) is 0 Å². The van der Waals surface area contributed by atoms with Crippen LogP contribution >= 0.6 is 9.24 Å². The van der Waals surface area contributed by atoms with Gasteiger partial charge in [-0.1, -0.05) is 72.8 Å². The summed E-state index contributed by atoms with van der Waals surface area (Å²) in [6.07, 6.45) is 1.97. The Morgan fingerprint density at radius 3 is 1.94 bits per heavy atom. The first-order chi connectivity index (χ1) is 17.7. The summed E-state index contributed by atoms with van der Waals surface area (Å²) in [5, 5.41) is 5.89. The Hall–Kier alpha value is -4.26. The van der Waals surface area contributed by atoms with Crippen molar-refractivity contribution in [3.8, 4) is 33.5 Å². The number of nitrogens with zero attached hydrogens (tertiary/aromatic N) is 1. The zero-order valence-electron chi connectivity index (χ0n) is 19.5. The molecule has 0 spiro atoms. The fourth-order valence-electron chi connectivity index (χ4n) is 4.90. The van der Waals surface area contributed by atoms with E-state index in [0.29, 0.717) is 0 Å². The number of hydrogen-bond acceptors (Lipinski definition) is 2. The highest BCUT2D eigenvalue weighted by Gasteiger charge is 2.09. The van der Waals surface area contributed by atoms with E-state index < -0.39 is 0 Å². The van der Waals surface area contributed by atoms with Gasteiger partial charge in [0.25, 0.3) is 0 Å². The fraction of sp³-hybridized carbons (Fsp3) is 0. The molecule has 2 aromatic heterocycles. The van der Waals surface area contributed by atoms with Crippen molar-refractivity contribution in [2.45, 2.75) is 0 Å². The van der Waals surface area contributed by atoms with E-state index in [4.69, 9.17) is 9.40 Å². The molecule has 170 valence electrons. The standard InChI is InChI=1S/C33H22NOP/c36-28-13-9-21(10-14-28)23-7-5-22-6-8-24(18-27(22)17-23)26-11-15-31(34-20-26)25-12-16-33-30(19-25)29-3-1-2-4-32(29)35-33/h1-20H,36H2. The monoisotopic (exact) mass is 479 g/mol. The average molecular weight is 480 g/mol. The van der Waals surface area contributed by atoms with Crippen LogP contribution in [-0.4, -0.2) is 4.98 Å². The predicted molar refractivity (Wildman–Crippen MR) is 155 cm³/mol. The predicted octanol–water partition coefficient (Wildman–Crippen LogP) is 8.64. The van der Waals surface area contributed by atoms with Crippen LogP contribution in [0.5, 0.6) is 0 Å². The van der Waals surface area contributed by atoms with Crippen LogP contribution < -0.4 is 5.30 Å². The number of furan rings is 1. The molecule has 7 rings (SSSR count). The Bertz CT molecular complexity index is 1880. The largest absolute Gasteiger partial charge is 0.456 e. The molecule has 0 aliphatic heterocycles. The van der Waals surface area contributed by atoms with Crippen molar-refractivity contribution < 1.29 is 4.42 Å². The molecule has 0 saturated carbocycles. The molecule has 3 heteroatoms. The van der Waals surface area contributed by atoms with Gasteiger partial charge in [-0.2, -0.15) is 0 Å². The van der Waals surface area contributed by atoms with Gasteiger partial charge in [-0.05, 0) is 75.2 Å². The summed E-state index contributed by atoms with van der Waals surface area (Å²) in [7, 11) is 2.74. The summed E-state index contributed by atoms with van der Waals surface area (Å²) in [6.45, 7) is 0. The van der Waals surface area contributed by atoms with Crippen LogP contribution in [0.2, 0.25) is 0 Å². The lowest BCUT2D eigenvalue weighted by Crippen LogP contribution is -1.88. The van der Waals surface area contributed by atoms with E-state index in [0.717, 1.165) is 44.3 Å². The molecule has 0 aliphatic rings. The summed E-state index contributed by atoms with van der Waals surface area (Å²) in [4.78, 5) is 4.82. The van der Waals surface area contributed by atoms with Gasteiger partial charge in [-0.3, -0.25) is 4.98 Å². The molecule has 0 aliphatic carbocycles. The van der Waals surface area contributed by atoms with Crippen molar-refractivity contribution in [2.24, 2.45) is 0 Å². The lowest BCUT2D eigenvalue weighted by atomic mass is 9.98. The van der Waals surface area contributed by atoms with E-state index in [1.54, 1.807) is 0 Å². The van der Waals surface area contributed by atoms with Crippen LogP contribution in [0.4, 0.5) is 0 Å². The number of hydrogen-bond donors (Lipinski definition) is 0. The van der Waals surface area contributed by atoms with Crippen LogP contribution in [0.15, 0.2) is 126 Å². The minimum atomic E-state index is 0.900. The number of rotatable bonds is 3. The van der Waals surface area contributed by atoms with Crippen molar-refractivity contribution in [3.63, 3.8) is 0 Å². The van der Waals surface area contributed by atoms with Gasteiger partial charge in [0.15, 0.2) is 0 Å². The molecule has 0 N–H and O–H groups in total. The first-order valence-corrected chi connectivity index (χ1v) is 12.6. The summed E-state index contributed by atoms with van der Waals surface area (Å²) in [5.41, 5.74) is 8.56. The minimum Gasteiger partial charge on any atom is -0.456 e. The van der Waals surface area contributed by atoms with Crippen LogP contribution in [0.3, 0.4) is 0 Å². The second kappa shape index (κ2) is 8.45. The Labute approximate surface area is 211 Å². The Balaban J connectivity index is 1.23. The summed E-state index contributed by atoms with van der Waals surface area (Å²) >= 11 is 0. The lowest BCUT2D eigenvalue weighted by molar-refractivity contribution is 0.669. The van der Waals surface area contributed by atoms with Gasteiger partial charge in [0.2, 0.25) is 0 Å². The van der Waals surface area contributed by atoms with Crippen molar-refractivity contribution in [2.75, 3.05) is 0 Å².